The number of unbranched alkanes of at least 4 members (excludes halogenated alkanes) is 1. The lowest BCUT2D eigenvalue weighted by Crippen LogP contribution is -2.40. The largest absolute Gasteiger partial charge is 0.481 e. The number of hydrogen-bond acceptors (Lipinski definition) is 4. The van der Waals surface area contributed by atoms with E-state index in [1.54, 1.807) is 0 Å². The number of allylic oxidation sites excluding steroid dienone is 2. The van der Waals surface area contributed by atoms with Crippen LogP contribution in [0, 0.1) is 11.8 Å². The molecule has 0 aromatic heterocycles. The first-order chi connectivity index (χ1) is 13.6. The number of nitrogens with one attached hydrogen (secondary N) is 2. The second-order valence-electron chi connectivity index (χ2n) is 7.63. The summed E-state index contributed by atoms with van der Waals surface area (Å²) < 4.78 is 6.09. The molecule has 0 saturated carbocycles. The molecule has 152 valence electrons. The van der Waals surface area contributed by atoms with Gasteiger partial charge in [-0.05, 0) is 50.2 Å². The van der Waals surface area contributed by atoms with Gasteiger partial charge >= 0.3 is 5.97 Å². The number of anilines is 1. The van der Waals surface area contributed by atoms with Gasteiger partial charge in [0.2, 0.25) is 5.91 Å². The quantitative estimate of drug-likeness (QED) is 0.401. The third-order valence-corrected chi connectivity index (χ3v) is 5.69. The first-order valence-electron chi connectivity index (χ1n) is 10.2. The number of rotatable bonds is 11. The number of carboxylic acid groups (broad SMARTS) is 1. The van der Waals surface area contributed by atoms with E-state index < -0.39 is 5.97 Å². The van der Waals surface area contributed by atoms with Gasteiger partial charge in [0.05, 0.1) is 18.8 Å². The first-order valence-corrected chi connectivity index (χ1v) is 10.2. The van der Waals surface area contributed by atoms with Crippen LogP contribution in [0.3, 0.4) is 0 Å². The fourth-order valence-electron chi connectivity index (χ4n) is 4.25. The SMILES string of the molecule is O=C(O)CCC/C=C\C[C@@H]1[C@H](CNC(=O)CNc2ccccc2)[C@@H]2CC[C@H]1O2. The molecular weight excluding hydrogens is 356 g/mol. The molecule has 1 amide bonds. The Morgan fingerprint density at radius 3 is 2.61 bits per heavy atom. The summed E-state index contributed by atoms with van der Waals surface area (Å²) in [5, 5.41) is 14.9. The average Bonchev–Trinajstić information content (AvgIpc) is 3.30. The minimum atomic E-state index is -0.743. The second-order valence-corrected chi connectivity index (χ2v) is 7.63. The third kappa shape index (κ3) is 5.83. The molecular formula is C22H30N2O4. The summed E-state index contributed by atoms with van der Waals surface area (Å²) in [6.45, 7) is 0.911. The molecule has 2 heterocycles. The van der Waals surface area contributed by atoms with Crippen molar-refractivity contribution in [3.63, 3.8) is 0 Å². The predicted octanol–water partition coefficient (Wildman–Crippen LogP) is 3.21. The van der Waals surface area contributed by atoms with E-state index in [1.807, 2.05) is 30.3 Å². The van der Waals surface area contributed by atoms with Crippen molar-refractivity contribution >= 4 is 17.6 Å². The lowest BCUT2D eigenvalue weighted by molar-refractivity contribution is -0.137. The van der Waals surface area contributed by atoms with Crippen molar-refractivity contribution in [3.8, 4) is 0 Å². The Bertz CT molecular complexity index is 676. The van der Waals surface area contributed by atoms with E-state index >= 15 is 0 Å². The zero-order chi connectivity index (χ0) is 19.8. The fourth-order valence-corrected chi connectivity index (χ4v) is 4.25. The van der Waals surface area contributed by atoms with Crippen molar-refractivity contribution in [3.05, 3.63) is 42.5 Å². The maximum absolute atomic E-state index is 12.2. The molecule has 1 aromatic carbocycles. The zero-order valence-electron chi connectivity index (χ0n) is 16.2. The number of benzene rings is 1. The van der Waals surface area contributed by atoms with Gasteiger partial charge in [-0.3, -0.25) is 9.59 Å². The molecule has 2 saturated heterocycles. The highest BCUT2D eigenvalue weighted by atomic mass is 16.5. The summed E-state index contributed by atoms with van der Waals surface area (Å²) in [7, 11) is 0. The minimum Gasteiger partial charge on any atom is -0.481 e. The molecule has 2 aliphatic rings. The smallest absolute Gasteiger partial charge is 0.303 e. The number of fused-ring (bicyclic) bond motifs is 2. The van der Waals surface area contributed by atoms with Crippen molar-refractivity contribution in [2.24, 2.45) is 11.8 Å². The van der Waals surface area contributed by atoms with E-state index in [0.717, 1.165) is 31.4 Å². The predicted molar refractivity (Wildman–Crippen MR) is 108 cm³/mol. The molecule has 0 aliphatic carbocycles. The maximum atomic E-state index is 12.2. The number of hydrogen-bond donors (Lipinski definition) is 3. The van der Waals surface area contributed by atoms with E-state index in [9.17, 15) is 9.59 Å². The highest BCUT2D eigenvalue weighted by Crippen LogP contribution is 2.44. The Morgan fingerprint density at radius 2 is 1.86 bits per heavy atom. The van der Waals surface area contributed by atoms with Crippen molar-refractivity contribution in [2.45, 2.75) is 50.7 Å². The zero-order valence-corrected chi connectivity index (χ0v) is 16.2. The molecule has 6 heteroatoms. The summed E-state index contributed by atoms with van der Waals surface area (Å²) in [6.07, 6.45) is 9.55. The number of aliphatic carboxylic acids is 1. The van der Waals surface area contributed by atoms with Crippen LogP contribution in [0.5, 0.6) is 0 Å². The van der Waals surface area contributed by atoms with Gasteiger partial charge in [0, 0.05) is 24.6 Å². The van der Waals surface area contributed by atoms with Crippen molar-refractivity contribution in [1.29, 1.82) is 0 Å². The van der Waals surface area contributed by atoms with Gasteiger partial charge in [0.1, 0.15) is 0 Å². The van der Waals surface area contributed by atoms with Crippen LogP contribution in [0.1, 0.15) is 38.5 Å². The highest BCUT2D eigenvalue weighted by Gasteiger charge is 2.47. The Hall–Kier alpha value is -2.34. The molecule has 28 heavy (non-hydrogen) atoms. The van der Waals surface area contributed by atoms with Crippen LogP contribution in [-0.4, -0.2) is 42.3 Å². The molecule has 6 nitrogen and oxygen atoms in total. The van der Waals surface area contributed by atoms with Gasteiger partial charge in [0.25, 0.3) is 0 Å². The number of carbonyl (C=O) groups is 2. The van der Waals surface area contributed by atoms with Crippen molar-refractivity contribution < 1.29 is 19.4 Å². The number of ether oxygens (including phenoxy) is 1. The van der Waals surface area contributed by atoms with E-state index in [4.69, 9.17) is 9.84 Å². The van der Waals surface area contributed by atoms with Crippen molar-refractivity contribution in [1.82, 2.24) is 5.32 Å². The van der Waals surface area contributed by atoms with Gasteiger partial charge in [-0.25, -0.2) is 0 Å². The molecule has 2 fully saturated rings. The molecule has 3 N–H and O–H groups in total. The van der Waals surface area contributed by atoms with E-state index in [-0.39, 0.29) is 31.1 Å². The molecule has 4 atom stereocenters. The standard InChI is InChI=1S/C22H30N2O4/c25-21(15-23-16-8-4-3-5-9-16)24-14-18-17(19-12-13-20(18)28-19)10-6-1-2-7-11-22(26)27/h1,3-6,8-9,17-20,23H,2,7,10-15H2,(H,24,25)(H,26,27)/b6-1-/t17-,18+,19-,20+/m1/s1. The van der Waals surface area contributed by atoms with Gasteiger partial charge in [-0.1, -0.05) is 30.4 Å². The van der Waals surface area contributed by atoms with Gasteiger partial charge < -0.3 is 20.5 Å². The topological polar surface area (TPSA) is 87.7 Å². The van der Waals surface area contributed by atoms with Gasteiger partial charge in [-0.2, -0.15) is 0 Å². The summed E-state index contributed by atoms with van der Waals surface area (Å²) in [5.74, 6) is 0.0296. The number of para-hydroxylation sites is 1. The molecule has 1 aromatic rings. The first kappa shape index (κ1) is 20.4. The molecule has 0 spiro atoms. The number of carbonyl (C=O) groups excluding carboxylic acids is 1. The Kier molecular flexibility index (Phi) is 7.48. The fraction of sp³-hybridized carbons (Fsp3) is 0.545. The van der Waals surface area contributed by atoms with Crippen LogP contribution in [-0.2, 0) is 14.3 Å². The number of amides is 1. The van der Waals surface area contributed by atoms with E-state index in [0.29, 0.717) is 24.8 Å². The van der Waals surface area contributed by atoms with E-state index in [1.165, 1.54) is 0 Å². The van der Waals surface area contributed by atoms with Gasteiger partial charge in [0.15, 0.2) is 0 Å². The van der Waals surface area contributed by atoms with Crippen LogP contribution in [0.25, 0.3) is 0 Å². The number of carboxylic acids is 1. The maximum Gasteiger partial charge on any atom is 0.303 e. The summed E-state index contributed by atoms with van der Waals surface area (Å²) in [5.41, 5.74) is 0.937. The molecule has 3 rings (SSSR count). The average molecular weight is 386 g/mol. The second kappa shape index (κ2) is 10.3. The van der Waals surface area contributed by atoms with Crippen LogP contribution in [0.15, 0.2) is 42.5 Å². The third-order valence-electron chi connectivity index (χ3n) is 5.69. The van der Waals surface area contributed by atoms with Crippen LogP contribution in [0.4, 0.5) is 5.69 Å². The highest BCUT2D eigenvalue weighted by molar-refractivity contribution is 5.80. The Balaban J connectivity index is 1.40. The summed E-state index contributed by atoms with van der Waals surface area (Å²) >= 11 is 0. The molecule has 0 radical (unpaired) electrons. The normalized spacial score (nSPS) is 25.9. The van der Waals surface area contributed by atoms with Crippen LogP contribution < -0.4 is 10.6 Å². The van der Waals surface area contributed by atoms with Crippen LogP contribution >= 0.6 is 0 Å². The lowest BCUT2D eigenvalue weighted by Gasteiger charge is -2.27. The summed E-state index contributed by atoms with van der Waals surface area (Å²) in [6, 6.07) is 9.70. The molecule has 2 bridgehead atoms. The Labute approximate surface area is 166 Å². The minimum absolute atomic E-state index is 0.00501. The summed E-state index contributed by atoms with van der Waals surface area (Å²) in [4.78, 5) is 22.7. The molecule has 2 aliphatic heterocycles. The monoisotopic (exact) mass is 386 g/mol. The lowest BCUT2D eigenvalue weighted by atomic mass is 9.77. The van der Waals surface area contributed by atoms with E-state index in [2.05, 4.69) is 22.8 Å². The molecule has 0 unspecified atom stereocenters. The van der Waals surface area contributed by atoms with Crippen molar-refractivity contribution in [2.75, 3.05) is 18.4 Å². The van der Waals surface area contributed by atoms with Crippen LogP contribution in [0.2, 0.25) is 0 Å². The van der Waals surface area contributed by atoms with Gasteiger partial charge in [-0.15, -0.1) is 0 Å². The Morgan fingerprint density at radius 1 is 1.11 bits per heavy atom.